The number of ether oxygens (including phenoxy) is 2. The highest BCUT2D eigenvalue weighted by molar-refractivity contribution is 6.37. The molecular weight excluding hydrogens is 360 g/mol. The van der Waals surface area contributed by atoms with Crippen molar-refractivity contribution >= 4 is 29.2 Å². The van der Waals surface area contributed by atoms with E-state index in [9.17, 15) is 18.0 Å². The van der Waals surface area contributed by atoms with Crippen LogP contribution < -0.4 is 9.47 Å². The summed E-state index contributed by atoms with van der Waals surface area (Å²) >= 11 is 11.8. The van der Waals surface area contributed by atoms with E-state index >= 15 is 0 Å². The van der Waals surface area contributed by atoms with Gasteiger partial charge in [0.15, 0.2) is 5.75 Å². The number of hydrogen-bond donors (Lipinski definition) is 0. The first-order valence-corrected chi connectivity index (χ1v) is 6.76. The smallest absolute Gasteiger partial charge is 0.433 e. The number of benzene rings is 1. The Morgan fingerprint density at radius 2 is 1.87 bits per heavy atom. The number of aryl methyl sites for hydroxylation is 1. The van der Waals surface area contributed by atoms with Gasteiger partial charge < -0.3 is 9.47 Å². The van der Waals surface area contributed by atoms with Crippen LogP contribution >= 0.6 is 23.2 Å². The molecule has 0 unspecified atom stereocenters. The van der Waals surface area contributed by atoms with Gasteiger partial charge in [-0.3, -0.25) is 4.68 Å². The quantitative estimate of drug-likeness (QED) is 0.769. The van der Waals surface area contributed by atoms with Crippen LogP contribution in [0, 0.1) is 0 Å². The highest BCUT2D eigenvalue weighted by Crippen LogP contribution is 2.35. The van der Waals surface area contributed by atoms with Gasteiger partial charge in [-0.05, 0) is 12.1 Å². The van der Waals surface area contributed by atoms with Crippen molar-refractivity contribution in [3.05, 3.63) is 39.5 Å². The highest BCUT2D eigenvalue weighted by Gasteiger charge is 2.35. The van der Waals surface area contributed by atoms with Gasteiger partial charge in [-0.15, -0.1) is 5.10 Å². The molecule has 0 N–H and O–H groups in total. The molecule has 2 aromatic rings. The normalized spacial score (nSPS) is 11.4. The van der Waals surface area contributed by atoms with Gasteiger partial charge in [0.2, 0.25) is 5.88 Å². The van der Waals surface area contributed by atoms with Crippen LogP contribution in [0.15, 0.2) is 18.2 Å². The van der Waals surface area contributed by atoms with Crippen LogP contribution in [0.1, 0.15) is 16.1 Å². The monoisotopic (exact) mass is 368 g/mol. The summed E-state index contributed by atoms with van der Waals surface area (Å²) in [6.45, 7) is 0. The van der Waals surface area contributed by atoms with Crippen molar-refractivity contribution in [1.82, 2.24) is 9.78 Å². The predicted octanol–water partition coefficient (Wildman–Crippen LogP) is 3.97. The molecule has 1 heterocycles. The third-order valence-corrected chi connectivity index (χ3v) is 3.42. The lowest BCUT2D eigenvalue weighted by atomic mass is 10.2. The maximum Gasteiger partial charge on any atom is 0.433 e. The molecule has 0 radical (unpaired) electrons. The number of methoxy groups -OCH3 is 1. The molecule has 2 rings (SSSR count). The molecule has 0 aliphatic heterocycles. The molecule has 1 aromatic carbocycles. The zero-order valence-electron chi connectivity index (χ0n) is 11.7. The number of carbonyl (C=O) groups is 1. The van der Waals surface area contributed by atoms with Crippen molar-refractivity contribution in [1.29, 1.82) is 0 Å². The summed E-state index contributed by atoms with van der Waals surface area (Å²) < 4.78 is 48.5. The molecular formula is C13H9Cl2F3N2O3. The second kappa shape index (κ2) is 6.29. The van der Waals surface area contributed by atoms with Crippen LogP contribution in [-0.2, 0) is 13.2 Å². The lowest BCUT2D eigenvalue weighted by Crippen LogP contribution is -2.12. The Morgan fingerprint density at radius 1 is 1.26 bits per heavy atom. The Hall–Kier alpha value is -1.93. The van der Waals surface area contributed by atoms with E-state index < -0.39 is 23.7 Å². The van der Waals surface area contributed by atoms with E-state index in [0.717, 1.165) is 7.05 Å². The first-order chi connectivity index (χ1) is 10.6. The summed E-state index contributed by atoms with van der Waals surface area (Å²) in [6.07, 6.45) is -4.63. The van der Waals surface area contributed by atoms with Crippen LogP contribution in [0.5, 0.6) is 11.6 Å². The minimum absolute atomic E-state index is 0.0248. The molecule has 0 fully saturated rings. The van der Waals surface area contributed by atoms with Crippen molar-refractivity contribution in [3.63, 3.8) is 0 Å². The Labute approximate surface area is 138 Å². The third kappa shape index (κ3) is 3.53. The molecule has 0 amide bonds. The molecule has 0 aliphatic rings. The first kappa shape index (κ1) is 17.4. The van der Waals surface area contributed by atoms with Gasteiger partial charge in [0.05, 0.1) is 17.2 Å². The van der Waals surface area contributed by atoms with Crippen LogP contribution in [-0.4, -0.2) is 22.9 Å². The molecule has 0 spiro atoms. The lowest BCUT2D eigenvalue weighted by Gasteiger charge is -2.10. The molecule has 124 valence electrons. The van der Waals surface area contributed by atoms with E-state index in [1.165, 1.54) is 19.2 Å². The highest BCUT2D eigenvalue weighted by atomic mass is 35.5. The number of rotatable bonds is 3. The van der Waals surface area contributed by atoms with E-state index in [1.54, 1.807) is 0 Å². The van der Waals surface area contributed by atoms with Gasteiger partial charge in [0.25, 0.3) is 0 Å². The van der Waals surface area contributed by atoms with Gasteiger partial charge >= 0.3 is 12.1 Å². The van der Waals surface area contributed by atoms with E-state index in [0.29, 0.717) is 10.7 Å². The van der Waals surface area contributed by atoms with Gasteiger partial charge in [-0.1, -0.05) is 23.2 Å². The van der Waals surface area contributed by atoms with Gasteiger partial charge in [-0.2, -0.15) is 13.2 Å². The average Bonchev–Trinajstić information content (AvgIpc) is 2.81. The number of alkyl halides is 3. The molecule has 0 saturated heterocycles. The number of nitrogens with zero attached hydrogens (tertiary/aromatic N) is 2. The van der Waals surface area contributed by atoms with E-state index in [2.05, 4.69) is 5.10 Å². The van der Waals surface area contributed by atoms with E-state index in [1.807, 2.05) is 0 Å². The minimum Gasteiger partial charge on any atom is -0.494 e. The topological polar surface area (TPSA) is 53.4 Å². The van der Waals surface area contributed by atoms with Gasteiger partial charge in [0.1, 0.15) is 11.3 Å². The third-order valence-electron chi connectivity index (χ3n) is 2.81. The Kier molecular flexibility index (Phi) is 4.76. The molecule has 0 saturated carbocycles. The summed E-state index contributed by atoms with van der Waals surface area (Å²) in [4.78, 5) is 12.2. The lowest BCUT2D eigenvalue weighted by molar-refractivity contribution is -0.143. The fourth-order valence-electron chi connectivity index (χ4n) is 1.83. The predicted molar refractivity (Wildman–Crippen MR) is 76.2 cm³/mol. The number of carbonyl (C=O) groups excluding carboxylic acids is 1. The number of hydrogen-bond acceptors (Lipinski definition) is 4. The van der Waals surface area contributed by atoms with Crippen molar-refractivity contribution < 1.29 is 27.4 Å². The molecule has 1 aromatic heterocycles. The summed E-state index contributed by atoms with van der Waals surface area (Å²) in [5, 5.41) is 3.56. The number of esters is 1. The minimum atomic E-state index is -4.63. The maximum atomic E-state index is 12.7. The molecule has 10 heteroatoms. The fourth-order valence-corrected chi connectivity index (χ4v) is 2.29. The summed E-state index contributed by atoms with van der Waals surface area (Å²) in [5.74, 6) is -1.61. The van der Waals surface area contributed by atoms with Crippen LogP contribution in [0.4, 0.5) is 13.2 Å². The van der Waals surface area contributed by atoms with Crippen molar-refractivity contribution in [2.24, 2.45) is 7.05 Å². The van der Waals surface area contributed by atoms with E-state index in [4.69, 9.17) is 32.7 Å². The maximum absolute atomic E-state index is 12.7. The summed E-state index contributed by atoms with van der Waals surface area (Å²) in [5.41, 5.74) is -1.27. The van der Waals surface area contributed by atoms with Crippen molar-refractivity contribution in [2.45, 2.75) is 6.18 Å². The zero-order valence-corrected chi connectivity index (χ0v) is 13.3. The first-order valence-electron chi connectivity index (χ1n) is 6.00. The average molecular weight is 369 g/mol. The number of halogens is 5. The second-order valence-electron chi connectivity index (χ2n) is 4.32. The van der Waals surface area contributed by atoms with Crippen LogP contribution in [0.2, 0.25) is 10.0 Å². The standard InChI is InChI=1S/C13H9Cl2F3N2O3/c1-20-8(13(16,17)18)5-9(19-20)23-12(21)10-6(14)3-4-7(15)11(10)22-2/h3-5H,1-2H3. The fraction of sp³-hybridized carbons (Fsp3) is 0.231. The zero-order chi connectivity index (χ0) is 17.4. The Morgan fingerprint density at radius 3 is 2.39 bits per heavy atom. The molecule has 5 nitrogen and oxygen atoms in total. The number of aromatic nitrogens is 2. The molecule has 0 aliphatic carbocycles. The molecule has 0 bridgehead atoms. The summed E-state index contributed by atoms with van der Waals surface area (Å²) in [7, 11) is 2.34. The van der Waals surface area contributed by atoms with Gasteiger partial charge in [-0.25, -0.2) is 4.79 Å². The van der Waals surface area contributed by atoms with Crippen LogP contribution in [0.25, 0.3) is 0 Å². The van der Waals surface area contributed by atoms with E-state index in [-0.39, 0.29) is 21.4 Å². The van der Waals surface area contributed by atoms with Crippen molar-refractivity contribution in [3.8, 4) is 11.6 Å². The Balaban J connectivity index is 2.36. The molecule has 0 atom stereocenters. The molecule has 23 heavy (non-hydrogen) atoms. The largest absolute Gasteiger partial charge is 0.494 e. The summed E-state index contributed by atoms with van der Waals surface area (Å²) in [6, 6.07) is 3.34. The Bertz CT molecular complexity index is 760. The second-order valence-corrected chi connectivity index (χ2v) is 5.13. The van der Waals surface area contributed by atoms with Crippen LogP contribution in [0.3, 0.4) is 0 Å². The SMILES string of the molecule is COc1c(Cl)ccc(Cl)c1C(=O)Oc1cc(C(F)(F)F)n(C)n1. The van der Waals surface area contributed by atoms with Crippen molar-refractivity contribution in [2.75, 3.05) is 7.11 Å². The van der Waals surface area contributed by atoms with Gasteiger partial charge in [0, 0.05) is 13.1 Å².